The Morgan fingerprint density at radius 1 is 0.857 bits per heavy atom. The molecule has 3 aromatic rings. The lowest BCUT2D eigenvalue weighted by molar-refractivity contribution is -0.114. The number of para-hydroxylation sites is 1. The average molecular weight is 512 g/mol. The summed E-state index contributed by atoms with van der Waals surface area (Å²) in [4.78, 5) is 28.0. The van der Waals surface area contributed by atoms with Gasteiger partial charge >= 0.3 is 0 Å². The predicted octanol–water partition coefficient (Wildman–Crippen LogP) is 4.80. The lowest BCUT2D eigenvalue weighted by atomic mass is 10.1. The van der Waals surface area contributed by atoms with Gasteiger partial charge in [0.15, 0.2) is 0 Å². The van der Waals surface area contributed by atoms with Crippen LogP contribution in [-0.2, 0) is 14.8 Å². The summed E-state index contributed by atoms with van der Waals surface area (Å²) < 4.78 is 27.9. The molecule has 182 valence electrons. The highest BCUT2D eigenvalue weighted by atomic mass is 35.5. The van der Waals surface area contributed by atoms with Crippen molar-refractivity contribution in [2.75, 3.05) is 29.3 Å². The minimum absolute atomic E-state index is 0.0587. The molecule has 3 aromatic carbocycles. The van der Waals surface area contributed by atoms with Crippen LogP contribution < -0.4 is 9.62 Å². The second kappa shape index (κ2) is 10.9. The van der Waals surface area contributed by atoms with Gasteiger partial charge in [0.1, 0.15) is 6.54 Å². The highest BCUT2D eigenvalue weighted by Crippen LogP contribution is 2.26. The van der Waals surface area contributed by atoms with Crippen LogP contribution in [0.1, 0.15) is 29.6 Å². The Hall–Kier alpha value is -3.36. The number of anilines is 2. The fourth-order valence-electron chi connectivity index (χ4n) is 4.01. The number of carbonyl (C=O) groups excluding carboxylic acids is 2. The van der Waals surface area contributed by atoms with E-state index in [0.717, 1.165) is 23.6 Å². The summed E-state index contributed by atoms with van der Waals surface area (Å²) in [6.07, 6.45) is 3.00. The van der Waals surface area contributed by atoms with Gasteiger partial charge in [0.2, 0.25) is 5.91 Å². The Morgan fingerprint density at radius 2 is 1.49 bits per heavy atom. The fraction of sp³-hybridized carbons (Fsp3) is 0.231. The van der Waals surface area contributed by atoms with Crippen LogP contribution in [-0.4, -0.2) is 44.8 Å². The molecular weight excluding hydrogens is 486 g/mol. The molecule has 0 saturated carbocycles. The quantitative estimate of drug-likeness (QED) is 0.493. The lowest BCUT2D eigenvalue weighted by Gasteiger charge is -2.28. The van der Waals surface area contributed by atoms with E-state index in [4.69, 9.17) is 11.6 Å². The average Bonchev–Trinajstić information content (AvgIpc) is 2.89. The molecule has 0 radical (unpaired) electrons. The first-order valence-corrected chi connectivity index (χ1v) is 13.2. The third kappa shape index (κ3) is 5.83. The van der Waals surface area contributed by atoms with Gasteiger partial charge in [-0.2, -0.15) is 0 Å². The number of nitrogens with one attached hydrogen (secondary N) is 1. The van der Waals surface area contributed by atoms with Crippen LogP contribution in [0.5, 0.6) is 0 Å². The molecule has 0 unspecified atom stereocenters. The smallest absolute Gasteiger partial charge is 0.264 e. The summed E-state index contributed by atoms with van der Waals surface area (Å²) in [6, 6.07) is 20.9. The normalized spacial score (nSPS) is 13.8. The first-order chi connectivity index (χ1) is 16.9. The SMILES string of the molecule is O=C(CN(c1ccc(Cl)cc1)S(=O)(=O)c1ccccc1)Nc1ccccc1C(=O)N1CCCCC1. The van der Waals surface area contributed by atoms with E-state index in [-0.39, 0.29) is 10.8 Å². The molecule has 1 heterocycles. The predicted molar refractivity (Wildman–Crippen MR) is 137 cm³/mol. The summed E-state index contributed by atoms with van der Waals surface area (Å²) >= 11 is 5.99. The third-order valence-electron chi connectivity index (χ3n) is 5.81. The maximum Gasteiger partial charge on any atom is 0.264 e. The number of halogens is 1. The number of amides is 2. The first-order valence-electron chi connectivity index (χ1n) is 11.4. The topological polar surface area (TPSA) is 86.8 Å². The molecule has 1 fully saturated rings. The molecule has 1 N–H and O–H groups in total. The Labute approximate surface area is 210 Å². The van der Waals surface area contributed by atoms with Crippen LogP contribution >= 0.6 is 11.6 Å². The van der Waals surface area contributed by atoms with Crippen molar-refractivity contribution in [1.29, 1.82) is 0 Å². The van der Waals surface area contributed by atoms with Gasteiger partial charge in [-0.1, -0.05) is 41.9 Å². The molecular formula is C26H26ClN3O4S. The van der Waals surface area contributed by atoms with Crippen LogP contribution in [0.15, 0.2) is 83.8 Å². The van der Waals surface area contributed by atoms with E-state index in [1.807, 2.05) is 0 Å². The Bertz CT molecular complexity index is 1290. The number of likely N-dealkylation sites (tertiary alicyclic amines) is 1. The van der Waals surface area contributed by atoms with E-state index >= 15 is 0 Å². The van der Waals surface area contributed by atoms with Crippen molar-refractivity contribution in [2.24, 2.45) is 0 Å². The lowest BCUT2D eigenvalue weighted by Crippen LogP contribution is -2.39. The zero-order valence-corrected chi connectivity index (χ0v) is 20.6. The fourth-order valence-corrected chi connectivity index (χ4v) is 5.58. The van der Waals surface area contributed by atoms with Crippen LogP contribution in [0.25, 0.3) is 0 Å². The van der Waals surface area contributed by atoms with Gasteiger partial charge in [0.05, 0.1) is 21.8 Å². The van der Waals surface area contributed by atoms with Crippen LogP contribution in [0.3, 0.4) is 0 Å². The van der Waals surface area contributed by atoms with Gasteiger partial charge in [-0.25, -0.2) is 8.42 Å². The van der Waals surface area contributed by atoms with E-state index < -0.39 is 22.5 Å². The van der Waals surface area contributed by atoms with Crippen LogP contribution in [0, 0.1) is 0 Å². The highest BCUT2D eigenvalue weighted by Gasteiger charge is 2.28. The van der Waals surface area contributed by atoms with Crippen molar-refractivity contribution >= 4 is 44.8 Å². The maximum atomic E-state index is 13.4. The number of carbonyl (C=O) groups is 2. The molecule has 1 aliphatic heterocycles. The highest BCUT2D eigenvalue weighted by molar-refractivity contribution is 7.92. The Balaban J connectivity index is 1.60. The molecule has 1 aliphatic rings. The summed E-state index contributed by atoms with van der Waals surface area (Å²) in [6.45, 7) is 0.882. The zero-order valence-electron chi connectivity index (χ0n) is 19.1. The number of sulfonamides is 1. The second-order valence-corrected chi connectivity index (χ2v) is 10.5. The molecule has 0 bridgehead atoms. The van der Waals surface area contributed by atoms with E-state index in [0.29, 0.717) is 35.1 Å². The summed E-state index contributed by atoms with van der Waals surface area (Å²) in [5.41, 5.74) is 1.03. The Morgan fingerprint density at radius 3 is 2.17 bits per heavy atom. The van der Waals surface area contributed by atoms with Crippen molar-refractivity contribution in [2.45, 2.75) is 24.2 Å². The zero-order chi connectivity index (χ0) is 24.8. The monoisotopic (exact) mass is 511 g/mol. The minimum atomic E-state index is -4.04. The van der Waals surface area contributed by atoms with E-state index in [1.165, 1.54) is 12.1 Å². The first kappa shape index (κ1) is 24.8. The summed E-state index contributed by atoms with van der Waals surface area (Å²) in [5, 5.41) is 3.19. The van der Waals surface area contributed by atoms with Crippen LogP contribution in [0.2, 0.25) is 5.02 Å². The molecule has 0 atom stereocenters. The van der Waals surface area contributed by atoms with Crippen molar-refractivity contribution in [3.05, 3.63) is 89.4 Å². The summed E-state index contributed by atoms with van der Waals surface area (Å²) in [7, 11) is -4.04. The standard InChI is InChI=1S/C26H26ClN3O4S/c27-20-13-15-21(16-14-20)30(35(33,34)22-9-3-1-4-10-22)19-25(31)28-24-12-6-5-11-23(24)26(32)29-17-7-2-8-18-29/h1,3-6,9-16H,2,7-8,17-19H2,(H,28,31). The number of rotatable bonds is 7. The van der Waals surface area contributed by atoms with Gasteiger partial charge in [-0.3, -0.25) is 13.9 Å². The van der Waals surface area contributed by atoms with Gasteiger partial charge in [0.25, 0.3) is 15.9 Å². The number of piperidine rings is 1. The summed E-state index contributed by atoms with van der Waals surface area (Å²) in [5.74, 6) is -0.717. The molecule has 0 aliphatic carbocycles. The number of nitrogens with zero attached hydrogens (tertiary/aromatic N) is 2. The van der Waals surface area contributed by atoms with E-state index in [1.54, 1.807) is 71.6 Å². The second-order valence-electron chi connectivity index (χ2n) is 8.25. The number of benzene rings is 3. The number of hydrogen-bond donors (Lipinski definition) is 1. The van der Waals surface area contributed by atoms with Crippen molar-refractivity contribution < 1.29 is 18.0 Å². The molecule has 9 heteroatoms. The van der Waals surface area contributed by atoms with E-state index in [2.05, 4.69) is 5.32 Å². The van der Waals surface area contributed by atoms with Crippen molar-refractivity contribution in [1.82, 2.24) is 4.90 Å². The third-order valence-corrected chi connectivity index (χ3v) is 7.85. The minimum Gasteiger partial charge on any atom is -0.339 e. The molecule has 7 nitrogen and oxygen atoms in total. The molecule has 35 heavy (non-hydrogen) atoms. The van der Waals surface area contributed by atoms with E-state index in [9.17, 15) is 18.0 Å². The molecule has 0 spiro atoms. The van der Waals surface area contributed by atoms with Crippen molar-refractivity contribution in [3.63, 3.8) is 0 Å². The van der Waals surface area contributed by atoms with Crippen LogP contribution in [0.4, 0.5) is 11.4 Å². The largest absolute Gasteiger partial charge is 0.339 e. The molecule has 1 saturated heterocycles. The van der Waals surface area contributed by atoms with Crippen molar-refractivity contribution in [3.8, 4) is 0 Å². The van der Waals surface area contributed by atoms with Gasteiger partial charge in [-0.05, 0) is 67.8 Å². The van der Waals surface area contributed by atoms with Gasteiger partial charge in [0, 0.05) is 18.1 Å². The van der Waals surface area contributed by atoms with Gasteiger partial charge in [-0.15, -0.1) is 0 Å². The Kier molecular flexibility index (Phi) is 7.73. The molecule has 0 aromatic heterocycles. The molecule has 4 rings (SSSR count). The van der Waals surface area contributed by atoms with Gasteiger partial charge < -0.3 is 10.2 Å². The maximum absolute atomic E-state index is 13.4. The molecule has 2 amide bonds. The number of hydrogen-bond acceptors (Lipinski definition) is 4.